The molecule has 0 aromatic heterocycles. The van der Waals surface area contributed by atoms with Gasteiger partial charge < -0.3 is 5.32 Å². The van der Waals surface area contributed by atoms with Crippen molar-refractivity contribution in [3.05, 3.63) is 24.9 Å². The highest BCUT2D eigenvalue weighted by atomic mass is 16.1. The van der Waals surface area contributed by atoms with Crippen molar-refractivity contribution in [2.75, 3.05) is 0 Å². The fourth-order valence-electron chi connectivity index (χ4n) is 0.365. The molecule has 2 nitrogen and oxygen atoms in total. The van der Waals surface area contributed by atoms with E-state index in [0.717, 1.165) is 0 Å². The van der Waals surface area contributed by atoms with Crippen LogP contribution in [0.5, 0.6) is 0 Å². The van der Waals surface area contributed by atoms with Gasteiger partial charge in [-0.1, -0.05) is 26.5 Å². The number of hydrogen-bond donors (Lipinski definition) is 1. The van der Waals surface area contributed by atoms with Crippen LogP contribution in [0.1, 0.15) is 13.8 Å². The maximum absolute atomic E-state index is 10.8. The van der Waals surface area contributed by atoms with E-state index >= 15 is 0 Å². The number of carbonyl (C=O) groups is 1. The molecule has 10 heavy (non-hydrogen) atoms. The molecule has 0 heterocycles. The number of amides is 1. The van der Waals surface area contributed by atoms with E-state index in [0.29, 0.717) is 0 Å². The molecule has 0 rings (SSSR count). The van der Waals surface area contributed by atoms with Crippen molar-refractivity contribution in [1.82, 2.24) is 5.32 Å². The first-order valence-corrected chi connectivity index (χ1v) is 3.26. The van der Waals surface area contributed by atoms with E-state index in [-0.39, 0.29) is 11.8 Å². The molecule has 0 bridgehead atoms. The number of allylic oxidation sites excluding steroid dienone is 2. The average Bonchev–Trinajstić information content (AvgIpc) is 1.88. The predicted molar refractivity (Wildman–Crippen MR) is 42.3 cm³/mol. The summed E-state index contributed by atoms with van der Waals surface area (Å²) < 4.78 is 0. The minimum absolute atomic E-state index is 0.0260. The molecule has 0 fully saturated rings. The van der Waals surface area contributed by atoms with E-state index < -0.39 is 0 Å². The van der Waals surface area contributed by atoms with Crippen molar-refractivity contribution in [3.8, 4) is 0 Å². The summed E-state index contributed by atoms with van der Waals surface area (Å²) in [6, 6.07) is 0. The Labute approximate surface area is 61.6 Å². The third-order valence-electron chi connectivity index (χ3n) is 0.982. The van der Waals surface area contributed by atoms with E-state index in [1.54, 1.807) is 18.4 Å². The smallest absolute Gasteiger partial charge is 0.226 e. The summed E-state index contributed by atoms with van der Waals surface area (Å²) in [7, 11) is 0. The largest absolute Gasteiger partial charge is 0.332 e. The molecular formula is C8H13NO. The average molecular weight is 139 g/mol. The lowest BCUT2D eigenvalue weighted by molar-refractivity contribution is -0.123. The number of rotatable bonds is 3. The van der Waals surface area contributed by atoms with Gasteiger partial charge in [-0.2, -0.15) is 0 Å². The lowest BCUT2D eigenvalue weighted by atomic mass is 10.2. The van der Waals surface area contributed by atoms with E-state index in [9.17, 15) is 4.79 Å². The first-order chi connectivity index (χ1) is 4.68. The van der Waals surface area contributed by atoms with Gasteiger partial charge in [-0.15, -0.1) is 0 Å². The Morgan fingerprint density at radius 1 is 1.60 bits per heavy atom. The molecule has 0 aromatic carbocycles. The molecule has 0 saturated heterocycles. The maximum Gasteiger partial charge on any atom is 0.226 e. The maximum atomic E-state index is 10.8. The van der Waals surface area contributed by atoms with Gasteiger partial charge in [0.05, 0.1) is 0 Å². The van der Waals surface area contributed by atoms with E-state index in [1.807, 2.05) is 13.8 Å². The SMILES string of the molecule is C=C/C=C/NC(=O)C(C)C. The Bertz CT molecular complexity index is 147. The van der Waals surface area contributed by atoms with Gasteiger partial charge in [-0.05, 0) is 6.08 Å². The van der Waals surface area contributed by atoms with Crippen molar-refractivity contribution < 1.29 is 4.79 Å². The lowest BCUT2D eigenvalue weighted by Crippen LogP contribution is -2.22. The molecule has 1 N–H and O–H groups in total. The van der Waals surface area contributed by atoms with Crippen LogP contribution in [0.25, 0.3) is 0 Å². The highest BCUT2D eigenvalue weighted by Crippen LogP contribution is 1.89. The fraction of sp³-hybridized carbons (Fsp3) is 0.375. The first-order valence-electron chi connectivity index (χ1n) is 3.26. The molecule has 0 radical (unpaired) electrons. The lowest BCUT2D eigenvalue weighted by Gasteiger charge is -2.00. The van der Waals surface area contributed by atoms with Gasteiger partial charge in [0.2, 0.25) is 5.91 Å². The van der Waals surface area contributed by atoms with Gasteiger partial charge in [0.1, 0.15) is 0 Å². The molecule has 0 aromatic rings. The molecule has 0 aliphatic rings. The second-order valence-corrected chi connectivity index (χ2v) is 2.26. The zero-order valence-electron chi connectivity index (χ0n) is 6.42. The van der Waals surface area contributed by atoms with Crippen molar-refractivity contribution >= 4 is 5.91 Å². The molecule has 0 unspecified atom stereocenters. The topological polar surface area (TPSA) is 29.1 Å². The van der Waals surface area contributed by atoms with Gasteiger partial charge in [-0.3, -0.25) is 4.79 Å². The Kier molecular flexibility index (Phi) is 4.29. The third-order valence-corrected chi connectivity index (χ3v) is 0.982. The Morgan fingerprint density at radius 2 is 2.20 bits per heavy atom. The minimum Gasteiger partial charge on any atom is -0.332 e. The summed E-state index contributed by atoms with van der Waals surface area (Å²) in [5.41, 5.74) is 0. The van der Waals surface area contributed by atoms with E-state index in [1.165, 1.54) is 0 Å². The molecule has 56 valence electrons. The zero-order chi connectivity index (χ0) is 7.98. The molecule has 0 spiro atoms. The summed E-state index contributed by atoms with van der Waals surface area (Å²) in [6.07, 6.45) is 4.87. The van der Waals surface area contributed by atoms with Gasteiger partial charge in [0, 0.05) is 12.1 Å². The minimum atomic E-state index is 0.0260. The number of nitrogens with one attached hydrogen (secondary N) is 1. The van der Waals surface area contributed by atoms with Crippen LogP contribution in [0.4, 0.5) is 0 Å². The van der Waals surface area contributed by atoms with Crippen molar-refractivity contribution in [2.45, 2.75) is 13.8 Å². The van der Waals surface area contributed by atoms with Crippen LogP contribution in [-0.2, 0) is 4.79 Å². The van der Waals surface area contributed by atoms with E-state index in [2.05, 4.69) is 11.9 Å². The fourth-order valence-corrected chi connectivity index (χ4v) is 0.365. The Balaban J connectivity index is 3.59. The zero-order valence-corrected chi connectivity index (χ0v) is 6.42. The second kappa shape index (κ2) is 4.79. The van der Waals surface area contributed by atoms with Gasteiger partial charge in [-0.25, -0.2) is 0 Å². The molecule has 0 atom stereocenters. The van der Waals surface area contributed by atoms with E-state index in [4.69, 9.17) is 0 Å². The van der Waals surface area contributed by atoms with Crippen LogP contribution in [0, 0.1) is 5.92 Å². The van der Waals surface area contributed by atoms with Crippen LogP contribution >= 0.6 is 0 Å². The van der Waals surface area contributed by atoms with Crippen molar-refractivity contribution in [1.29, 1.82) is 0 Å². The summed E-state index contributed by atoms with van der Waals surface area (Å²) in [4.78, 5) is 10.8. The Hall–Kier alpha value is -1.05. The standard InChI is InChI=1S/C8H13NO/c1-4-5-6-9-8(10)7(2)3/h4-7H,1H2,2-3H3,(H,9,10)/b6-5+. The Morgan fingerprint density at radius 3 is 2.60 bits per heavy atom. The normalized spacial score (nSPS) is 10.3. The predicted octanol–water partition coefficient (Wildman–Crippen LogP) is 1.46. The molecule has 0 saturated carbocycles. The number of hydrogen-bond acceptors (Lipinski definition) is 1. The van der Waals surface area contributed by atoms with Crippen molar-refractivity contribution in [2.24, 2.45) is 5.92 Å². The van der Waals surface area contributed by atoms with Gasteiger partial charge in [0.25, 0.3) is 0 Å². The summed E-state index contributed by atoms with van der Waals surface area (Å²) in [5.74, 6) is 0.0626. The molecule has 0 aliphatic carbocycles. The summed E-state index contributed by atoms with van der Waals surface area (Å²) in [6.45, 7) is 7.15. The first kappa shape index (κ1) is 8.95. The molecule has 1 amide bonds. The van der Waals surface area contributed by atoms with Crippen LogP contribution in [0.2, 0.25) is 0 Å². The van der Waals surface area contributed by atoms with Crippen LogP contribution < -0.4 is 5.32 Å². The van der Waals surface area contributed by atoms with Crippen LogP contribution in [-0.4, -0.2) is 5.91 Å². The van der Waals surface area contributed by atoms with Gasteiger partial charge in [0.15, 0.2) is 0 Å². The van der Waals surface area contributed by atoms with Crippen molar-refractivity contribution in [3.63, 3.8) is 0 Å². The second-order valence-electron chi connectivity index (χ2n) is 2.26. The number of carbonyl (C=O) groups excluding carboxylic acids is 1. The molecule has 2 heteroatoms. The van der Waals surface area contributed by atoms with Crippen LogP contribution in [0.15, 0.2) is 24.9 Å². The molecular weight excluding hydrogens is 126 g/mol. The third kappa shape index (κ3) is 3.89. The highest BCUT2D eigenvalue weighted by Gasteiger charge is 2.01. The monoisotopic (exact) mass is 139 g/mol. The van der Waals surface area contributed by atoms with Gasteiger partial charge >= 0.3 is 0 Å². The quantitative estimate of drug-likeness (QED) is 0.589. The van der Waals surface area contributed by atoms with Crippen LogP contribution in [0.3, 0.4) is 0 Å². The highest BCUT2D eigenvalue weighted by molar-refractivity contribution is 5.78. The summed E-state index contributed by atoms with van der Waals surface area (Å²) in [5, 5.41) is 2.59. The molecule has 0 aliphatic heterocycles. The summed E-state index contributed by atoms with van der Waals surface area (Å²) >= 11 is 0.